The van der Waals surface area contributed by atoms with Gasteiger partial charge >= 0.3 is 0 Å². The van der Waals surface area contributed by atoms with Gasteiger partial charge in [0.2, 0.25) is 5.91 Å². The normalized spacial score (nSPS) is 15.5. The van der Waals surface area contributed by atoms with Crippen LogP contribution in [0.5, 0.6) is 0 Å². The first-order valence-electron chi connectivity index (χ1n) is 8.98. The molecule has 0 radical (unpaired) electrons. The van der Waals surface area contributed by atoms with Crippen molar-refractivity contribution >= 4 is 11.8 Å². The maximum Gasteiger partial charge on any atom is 0.289 e. The van der Waals surface area contributed by atoms with Crippen molar-refractivity contribution in [2.75, 3.05) is 45.8 Å². The standard InChI is InChI=1S/C18H29N3O3/c1-3-8-20(9-4-2)17(22)7-10-19-11-13-21(14-12-19)18(23)16-6-5-15-24-16/h5-6,15H,3-4,7-14H2,1-2H3. The van der Waals surface area contributed by atoms with E-state index in [1.165, 1.54) is 6.26 Å². The molecule has 1 aromatic rings. The Balaban J connectivity index is 1.72. The van der Waals surface area contributed by atoms with Crippen molar-refractivity contribution in [3.05, 3.63) is 24.2 Å². The highest BCUT2D eigenvalue weighted by atomic mass is 16.3. The van der Waals surface area contributed by atoms with E-state index in [4.69, 9.17) is 4.42 Å². The van der Waals surface area contributed by atoms with Crippen molar-refractivity contribution in [1.29, 1.82) is 0 Å². The lowest BCUT2D eigenvalue weighted by Crippen LogP contribution is -2.49. The largest absolute Gasteiger partial charge is 0.459 e. The number of carbonyl (C=O) groups excluding carboxylic acids is 2. The average Bonchev–Trinajstić information content (AvgIpc) is 3.14. The predicted octanol–water partition coefficient (Wildman–Crippen LogP) is 2.08. The quantitative estimate of drug-likeness (QED) is 0.730. The minimum atomic E-state index is -0.0483. The molecule has 134 valence electrons. The fourth-order valence-corrected chi connectivity index (χ4v) is 3.04. The molecule has 1 aliphatic heterocycles. The summed E-state index contributed by atoms with van der Waals surface area (Å²) in [6, 6.07) is 3.43. The topological polar surface area (TPSA) is 57.0 Å². The maximum absolute atomic E-state index is 12.3. The van der Waals surface area contributed by atoms with Crippen molar-refractivity contribution < 1.29 is 14.0 Å². The van der Waals surface area contributed by atoms with Crippen LogP contribution in [0.4, 0.5) is 0 Å². The molecule has 0 saturated carbocycles. The highest BCUT2D eigenvalue weighted by Crippen LogP contribution is 2.10. The molecule has 6 heteroatoms. The molecule has 1 aliphatic rings. The Kier molecular flexibility index (Phi) is 7.31. The Morgan fingerprint density at radius 3 is 2.33 bits per heavy atom. The molecule has 2 amide bonds. The van der Waals surface area contributed by atoms with Crippen LogP contribution in [0.25, 0.3) is 0 Å². The molecule has 0 unspecified atom stereocenters. The first-order chi connectivity index (χ1) is 11.7. The highest BCUT2D eigenvalue weighted by molar-refractivity contribution is 5.91. The van der Waals surface area contributed by atoms with Crippen molar-refractivity contribution in [2.45, 2.75) is 33.1 Å². The van der Waals surface area contributed by atoms with E-state index in [0.717, 1.165) is 45.6 Å². The fraction of sp³-hybridized carbons (Fsp3) is 0.667. The SMILES string of the molecule is CCCN(CCC)C(=O)CCN1CCN(C(=O)c2ccco2)CC1. The van der Waals surface area contributed by atoms with Gasteiger partial charge in [-0.2, -0.15) is 0 Å². The zero-order valence-electron chi connectivity index (χ0n) is 14.9. The van der Waals surface area contributed by atoms with E-state index in [0.29, 0.717) is 25.3 Å². The summed E-state index contributed by atoms with van der Waals surface area (Å²) >= 11 is 0. The molecule has 0 N–H and O–H groups in total. The van der Waals surface area contributed by atoms with Crippen LogP contribution in [-0.4, -0.2) is 72.3 Å². The Morgan fingerprint density at radius 2 is 1.79 bits per heavy atom. The van der Waals surface area contributed by atoms with Gasteiger partial charge in [-0.15, -0.1) is 0 Å². The Hall–Kier alpha value is -1.82. The number of rotatable bonds is 8. The maximum atomic E-state index is 12.3. The molecule has 24 heavy (non-hydrogen) atoms. The van der Waals surface area contributed by atoms with E-state index in [9.17, 15) is 9.59 Å². The van der Waals surface area contributed by atoms with Crippen LogP contribution >= 0.6 is 0 Å². The van der Waals surface area contributed by atoms with Crippen molar-refractivity contribution in [3.63, 3.8) is 0 Å². The van der Waals surface area contributed by atoms with Gasteiger partial charge in [-0.1, -0.05) is 13.8 Å². The molecule has 0 atom stereocenters. The van der Waals surface area contributed by atoms with E-state index in [2.05, 4.69) is 18.7 Å². The zero-order valence-corrected chi connectivity index (χ0v) is 14.9. The summed E-state index contributed by atoms with van der Waals surface area (Å²) in [7, 11) is 0. The van der Waals surface area contributed by atoms with E-state index >= 15 is 0 Å². The molecule has 1 aromatic heterocycles. The van der Waals surface area contributed by atoms with Crippen molar-refractivity contribution in [3.8, 4) is 0 Å². The van der Waals surface area contributed by atoms with Gasteiger partial charge in [-0.3, -0.25) is 14.5 Å². The van der Waals surface area contributed by atoms with Crippen LogP contribution in [0.2, 0.25) is 0 Å². The third-order valence-electron chi connectivity index (χ3n) is 4.37. The minimum Gasteiger partial charge on any atom is -0.459 e. The number of hydrogen-bond acceptors (Lipinski definition) is 4. The van der Waals surface area contributed by atoms with E-state index in [1.54, 1.807) is 12.1 Å². The molecule has 1 fully saturated rings. The molecule has 0 aromatic carbocycles. The first-order valence-corrected chi connectivity index (χ1v) is 8.98. The summed E-state index contributed by atoms with van der Waals surface area (Å²) in [5.41, 5.74) is 0. The van der Waals surface area contributed by atoms with Crippen LogP contribution in [0.3, 0.4) is 0 Å². The van der Waals surface area contributed by atoms with Crippen LogP contribution in [-0.2, 0) is 4.79 Å². The summed E-state index contributed by atoms with van der Waals surface area (Å²) in [4.78, 5) is 30.6. The van der Waals surface area contributed by atoms with E-state index < -0.39 is 0 Å². The zero-order chi connectivity index (χ0) is 17.4. The van der Waals surface area contributed by atoms with Gasteiger partial charge < -0.3 is 14.2 Å². The fourth-order valence-electron chi connectivity index (χ4n) is 3.04. The monoisotopic (exact) mass is 335 g/mol. The van der Waals surface area contributed by atoms with Gasteiger partial charge in [-0.05, 0) is 25.0 Å². The van der Waals surface area contributed by atoms with Crippen molar-refractivity contribution in [1.82, 2.24) is 14.7 Å². The summed E-state index contributed by atoms with van der Waals surface area (Å²) in [5, 5.41) is 0. The lowest BCUT2D eigenvalue weighted by atomic mass is 10.2. The number of piperazine rings is 1. The number of carbonyl (C=O) groups is 2. The second kappa shape index (κ2) is 9.47. The number of nitrogens with zero attached hydrogens (tertiary/aromatic N) is 3. The van der Waals surface area contributed by atoms with Gasteiger partial charge in [0, 0.05) is 52.2 Å². The molecule has 0 bridgehead atoms. The number of furan rings is 1. The lowest BCUT2D eigenvalue weighted by Gasteiger charge is -2.34. The van der Waals surface area contributed by atoms with Crippen LogP contribution in [0.15, 0.2) is 22.8 Å². The first kappa shape index (κ1) is 18.5. The Bertz CT molecular complexity index is 502. The summed E-state index contributed by atoms with van der Waals surface area (Å²) in [6.45, 7) is 9.64. The van der Waals surface area contributed by atoms with Crippen LogP contribution < -0.4 is 0 Å². The molecule has 2 heterocycles. The molecule has 2 rings (SSSR count). The summed E-state index contributed by atoms with van der Waals surface area (Å²) < 4.78 is 5.17. The molecular weight excluding hydrogens is 306 g/mol. The van der Waals surface area contributed by atoms with Gasteiger partial charge in [-0.25, -0.2) is 0 Å². The average molecular weight is 335 g/mol. The van der Waals surface area contributed by atoms with Gasteiger partial charge in [0.15, 0.2) is 5.76 Å². The predicted molar refractivity (Wildman–Crippen MR) is 92.8 cm³/mol. The van der Waals surface area contributed by atoms with Gasteiger partial charge in [0.25, 0.3) is 5.91 Å². The molecular formula is C18H29N3O3. The Labute approximate surface area is 144 Å². The summed E-state index contributed by atoms with van der Waals surface area (Å²) in [5.74, 6) is 0.592. The summed E-state index contributed by atoms with van der Waals surface area (Å²) in [6.07, 6.45) is 4.08. The minimum absolute atomic E-state index is 0.0483. The molecule has 0 aliphatic carbocycles. The van der Waals surface area contributed by atoms with E-state index in [-0.39, 0.29) is 11.8 Å². The molecule has 1 saturated heterocycles. The van der Waals surface area contributed by atoms with Gasteiger partial charge in [0.1, 0.15) is 0 Å². The van der Waals surface area contributed by atoms with Crippen LogP contribution in [0.1, 0.15) is 43.7 Å². The number of hydrogen-bond donors (Lipinski definition) is 0. The third-order valence-corrected chi connectivity index (χ3v) is 4.37. The highest BCUT2D eigenvalue weighted by Gasteiger charge is 2.24. The second-order valence-corrected chi connectivity index (χ2v) is 6.24. The molecule has 0 spiro atoms. The molecule has 6 nitrogen and oxygen atoms in total. The lowest BCUT2D eigenvalue weighted by molar-refractivity contribution is -0.131. The van der Waals surface area contributed by atoms with Crippen molar-refractivity contribution in [2.24, 2.45) is 0 Å². The van der Waals surface area contributed by atoms with E-state index in [1.807, 2.05) is 9.80 Å². The van der Waals surface area contributed by atoms with Gasteiger partial charge in [0.05, 0.1) is 6.26 Å². The second-order valence-electron chi connectivity index (χ2n) is 6.24. The Morgan fingerprint density at radius 1 is 1.12 bits per heavy atom. The third kappa shape index (κ3) is 5.09. The number of amides is 2. The van der Waals surface area contributed by atoms with Crippen LogP contribution in [0, 0.1) is 0 Å². The smallest absolute Gasteiger partial charge is 0.289 e.